The molecule has 1 aliphatic heterocycles. The topological polar surface area (TPSA) is 43.4 Å². The average molecular weight is 226 g/mol. The van der Waals surface area contributed by atoms with Crippen LogP contribution in [0.2, 0.25) is 0 Å². The molecule has 0 spiro atoms. The largest absolute Gasteiger partial charge is 0.660 e. The van der Waals surface area contributed by atoms with Crippen molar-refractivity contribution in [2.75, 3.05) is 39.3 Å². The summed E-state index contributed by atoms with van der Waals surface area (Å²) < 4.78 is 0. The van der Waals surface area contributed by atoms with Gasteiger partial charge in [-0.05, 0) is 36.9 Å². The summed E-state index contributed by atoms with van der Waals surface area (Å²) in [6, 6.07) is 0. The zero-order valence-corrected chi connectivity index (χ0v) is 11.4. The van der Waals surface area contributed by atoms with Gasteiger partial charge in [0.15, 0.2) is 0 Å². The van der Waals surface area contributed by atoms with E-state index in [2.05, 4.69) is 37.9 Å². The van der Waals surface area contributed by atoms with Gasteiger partial charge in [0.05, 0.1) is 0 Å². The normalized spacial score (nSPS) is 20.1. The van der Waals surface area contributed by atoms with Crippen LogP contribution >= 0.6 is 0 Å². The Morgan fingerprint density at radius 2 is 1.62 bits per heavy atom. The van der Waals surface area contributed by atoms with Crippen LogP contribution in [0.1, 0.15) is 34.1 Å². The molecule has 16 heavy (non-hydrogen) atoms. The van der Waals surface area contributed by atoms with Crippen LogP contribution in [-0.2, 0) is 0 Å². The lowest BCUT2D eigenvalue weighted by Crippen LogP contribution is -2.42. The summed E-state index contributed by atoms with van der Waals surface area (Å²) in [4.78, 5) is 2.54. The Balaban J connectivity index is 2.43. The fourth-order valence-corrected chi connectivity index (χ4v) is 2.83. The smallest absolute Gasteiger partial charge is 0.00315 e. The molecule has 0 amide bonds. The van der Waals surface area contributed by atoms with E-state index in [1.807, 2.05) is 0 Å². The van der Waals surface area contributed by atoms with Gasteiger partial charge in [-0.15, -0.1) is 13.1 Å². The quantitative estimate of drug-likeness (QED) is 0.780. The number of nitrogens with two attached hydrogens (primary N) is 1. The first-order valence-corrected chi connectivity index (χ1v) is 6.40. The predicted molar refractivity (Wildman–Crippen MR) is 70.8 cm³/mol. The van der Waals surface area contributed by atoms with Gasteiger partial charge in [0.2, 0.25) is 0 Å². The van der Waals surface area contributed by atoms with Crippen LogP contribution in [-0.4, -0.2) is 44.2 Å². The highest BCUT2D eigenvalue weighted by Crippen LogP contribution is 2.33. The van der Waals surface area contributed by atoms with E-state index >= 15 is 0 Å². The van der Waals surface area contributed by atoms with Crippen molar-refractivity contribution in [1.82, 2.24) is 4.90 Å². The van der Waals surface area contributed by atoms with E-state index in [9.17, 15) is 0 Å². The molecule has 3 heteroatoms. The van der Waals surface area contributed by atoms with Crippen molar-refractivity contribution >= 4 is 0 Å². The molecule has 2 N–H and O–H groups in total. The Labute approximate surface area is 101 Å². The van der Waals surface area contributed by atoms with Gasteiger partial charge in [0.25, 0.3) is 0 Å². The van der Waals surface area contributed by atoms with E-state index in [1.165, 1.54) is 13.0 Å². The maximum Gasteiger partial charge on any atom is 0.00315 e. The van der Waals surface area contributed by atoms with Crippen LogP contribution in [0.4, 0.5) is 0 Å². The number of rotatable bonds is 5. The molecule has 3 nitrogen and oxygen atoms in total. The van der Waals surface area contributed by atoms with Crippen LogP contribution in [0, 0.1) is 10.8 Å². The van der Waals surface area contributed by atoms with Gasteiger partial charge < -0.3 is 16.0 Å². The average Bonchev–Trinajstić information content (AvgIpc) is 2.17. The third-order valence-electron chi connectivity index (χ3n) is 3.31. The first-order valence-electron chi connectivity index (χ1n) is 6.40. The van der Waals surface area contributed by atoms with E-state index in [4.69, 9.17) is 5.73 Å². The molecule has 1 fully saturated rings. The van der Waals surface area contributed by atoms with Gasteiger partial charge in [-0.25, -0.2) is 0 Å². The highest BCUT2D eigenvalue weighted by atomic mass is 15.2. The molecule has 96 valence electrons. The lowest BCUT2D eigenvalue weighted by molar-refractivity contribution is 0.126. The SMILES string of the molecule is CC(C)(CN)CC(C)(C)CN1CC[N-]CC1. The second kappa shape index (κ2) is 5.48. The molecule has 0 radical (unpaired) electrons. The van der Waals surface area contributed by atoms with Crippen molar-refractivity contribution in [2.24, 2.45) is 16.6 Å². The minimum Gasteiger partial charge on any atom is -0.660 e. The Morgan fingerprint density at radius 3 is 2.12 bits per heavy atom. The van der Waals surface area contributed by atoms with Gasteiger partial charge in [0, 0.05) is 6.54 Å². The Kier molecular flexibility index (Phi) is 4.77. The first-order chi connectivity index (χ1) is 7.35. The Morgan fingerprint density at radius 1 is 1.06 bits per heavy atom. The maximum absolute atomic E-state index is 5.82. The zero-order valence-electron chi connectivity index (χ0n) is 11.4. The molecule has 1 saturated heterocycles. The van der Waals surface area contributed by atoms with Crippen LogP contribution in [0.5, 0.6) is 0 Å². The molecule has 0 atom stereocenters. The summed E-state index contributed by atoms with van der Waals surface area (Å²) in [5, 5.41) is 4.39. The van der Waals surface area contributed by atoms with Crippen molar-refractivity contribution in [3.8, 4) is 0 Å². The van der Waals surface area contributed by atoms with E-state index in [1.54, 1.807) is 0 Å². The third-order valence-corrected chi connectivity index (χ3v) is 3.31. The maximum atomic E-state index is 5.82. The molecule has 1 aliphatic rings. The Bertz CT molecular complexity index is 205. The summed E-state index contributed by atoms with van der Waals surface area (Å²) in [5.74, 6) is 0. The van der Waals surface area contributed by atoms with Gasteiger partial charge in [-0.1, -0.05) is 27.7 Å². The molecule has 0 aromatic rings. The van der Waals surface area contributed by atoms with E-state index in [-0.39, 0.29) is 5.41 Å². The summed E-state index contributed by atoms with van der Waals surface area (Å²) in [6.07, 6.45) is 1.18. The van der Waals surface area contributed by atoms with Crippen molar-refractivity contribution in [3.05, 3.63) is 5.32 Å². The molecular weight excluding hydrogens is 198 g/mol. The lowest BCUT2D eigenvalue weighted by atomic mass is 9.75. The third kappa shape index (κ3) is 4.81. The molecular formula is C13H28N3-. The van der Waals surface area contributed by atoms with E-state index in [0.29, 0.717) is 5.41 Å². The minimum atomic E-state index is 0.254. The van der Waals surface area contributed by atoms with Crippen molar-refractivity contribution in [1.29, 1.82) is 0 Å². The zero-order chi connectivity index (χ0) is 12.2. The van der Waals surface area contributed by atoms with E-state index < -0.39 is 0 Å². The first kappa shape index (κ1) is 13.9. The monoisotopic (exact) mass is 226 g/mol. The molecule has 0 unspecified atom stereocenters. The molecule has 0 bridgehead atoms. The molecule has 1 rings (SSSR count). The second-order valence-electron chi connectivity index (χ2n) is 6.66. The molecule has 0 aromatic heterocycles. The second-order valence-corrected chi connectivity index (χ2v) is 6.66. The van der Waals surface area contributed by atoms with Crippen molar-refractivity contribution in [3.63, 3.8) is 0 Å². The molecule has 0 aliphatic carbocycles. The van der Waals surface area contributed by atoms with Gasteiger partial charge >= 0.3 is 0 Å². The van der Waals surface area contributed by atoms with E-state index in [0.717, 1.165) is 32.7 Å². The summed E-state index contributed by atoms with van der Waals surface area (Å²) in [6.45, 7) is 15.5. The number of nitrogens with zero attached hydrogens (tertiary/aromatic N) is 2. The van der Waals surface area contributed by atoms with Gasteiger partial charge in [0.1, 0.15) is 0 Å². The van der Waals surface area contributed by atoms with Crippen LogP contribution in [0.15, 0.2) is 0 Å². The minimum absolute atomic E-state index is 0.254. The fourth-order valence-electron chi connectivity index (χ4n) is 2.83. The molecule has 1 heterocycles. The number of piperazine rings is 1. The summed E-state index contributed by atoms with van der Waals surface area (Å²) in [7, 11) is 0. The fraction of sp³-hybridized carbons (Fsp3) is 1.00. The van der Waals surface area contributed by atoms with Crippen LogP contribution in [0.25, 0.3) is 5.32 Å². The number of hydrogen-bond acceptors (Lipinski definition) is 2. The standard InChI is InChI=1S/C13H28N3/c1-12(2,10-14)9-13(3,4)11-16-7-5-15-6-8-16/h5-11,14H2,1-4H3/q-1. The van der Waals surface area contributed by atoms with Crippen LogP contribution in [0.3, 0.4) is 0 Å². The summed E-state index contributed by atoms with van der Waals surface area (Å²) in [5.41, 5.74) is 6.42. The lowest BCUT2D eigenvalue weighted by Gasteiger charge is -2.42. The Hall–Kier alpha value is -0.120. The highest BCUT2D eigenvalue weighted by Gasteiger charge is 2.29. The van der Waals surface area contributed by atoms with Crippen molar-refractivity contribution in [2.45, 2.75) is 34.1 Å². The van der Waals surface area contributed by atoms with Gasteiger partial charge in [-0.2, -0.15) is 0 Å². The van der Waals surface area contributed by atoms with Crippen LogP contribution < -0.4 is 5.73 Å². The highest BCUT2D eigenvalue weighted by molar-refractivity contribution is 4.90. The summed E-state index contributed by atoms with van der Waals surface area (Å²) >= 11 is 0. The predicted octanol–water partition coefficient (Wildman–Crippen LogP) is 2.08. The molecule has 0 aromatic carbocycles. The van der Waals surface area contributed by atoms with Crippen molar-refractivity contribution < 1.29 is 0 Å². The van der Waals surface area contributed by atoms with Gasteiger partial charge in [-0.3, -0.25) is 0 Å². The number of hydrogen-bond donors (Lipinski definition) is 1. The molecule has 0 saturated carbocycles.